The van der Waals surface area contributed by atoms with Crippen molar-refractivity contribution in [2.24, 2.45) is 0 Å². The normalized spacial score (nSPS) is 5.40. The molecule has 0 radical (unpaired) electrons. The molecule has 0 aliphatic heterocycles. The van der Waals surface area contributed by atoms with Gasteiger partial charge in [-0.1, -0.05) is 0 Å². The van der Waals surface area contributed by atoms with Gasteiger partial charge in [0, 0.05) is 0 Å². The van der Waals surface area contributed by atoms with E-state index < -0.39 is 22.0 Å². The van der Waals surface area contributed by atoms with Crippen molar-refractivity contribution in [3.8, 4) is 0 Å². The molecule has 0 N–H and O–H groups in total. The van der Waals surface area contributed by atoms with E-state index in [1.807, 2.05) is 0 Å². The van der Waals surface area contributed by atoms with Crippen LogP contribution in [0, 0.1) is 0 Å². The Hall–Kier alpha value is 1.43. The Labute approximate surface area is 119 Å². The van der Waals surface area contributed by atoms with Gasteiger partial charge in [0.05, 0.1) is 0 Å². The summed E-state index contributed by atoms with van der Waals surface area (Å²) in [5, 5.41) is 75.8. The van der Waals surface area contributed by atoms with Crippen LogP contribution >= 0.6 is 0 Å². The van der Waals surface area contributed by atoms with E-state index >= 15 is 0 Å². The molecule has 0 saturated carbocycles. The van der Waals surface area contributed by atoms with Crippen LogP contribution in [0.1, 0.15) is 0 Å². The minimum Gasteiger partial charge on any atom is -0.907 e. The maximum absolute atomic E-state index is 8.42. The number of hydrogen-bond acceptors (Lipinski definition) is 9. The molecule has 0 aliphatic rings. The molecule has 0 bridgehead atoms. The number of rotatable bonds is 0. The van der Waals surface area contributed by atoms with Crippen molar-refractivity contribution in [2.75, 3.05) is 0 Å². The molecular formula is Al3B3O9. The van der Waals surface area contributed by atoms with Crippen molar-refractivity contribution < 1.29 is 45.2 Å². The summed E-state index contributed by atoms with van der Waals surface area (Å²) in [4.78, 5) is 0. The van der Waals surface area contributed by atoms with Gasteiger partial charge in [-0.3, -0.25) is 22.0 Å². The summed E-state index contributed by atoms with van der Waals surface area (Å²) in [5.41, 5.74) is 0. The Morgan fingerprint density at radius 1 is 0.333 bits per heavy atom. The van der Waals surface area contributed by atoms with Gasteiger partial charge in [0.2, 0.25) is 0 Å². The summed E-state index contributed by atoms with van der Waals surface area (Å²) >= 11 is 0. The molecule has 0 unspecified atom stereocenters. The van der Waals surface area contributed by atoms with Crippen LogP contribution in [-0.2, 0) is 0 Å². The fourth-order valence-electron chi connectivity index (χ4n) is 0. The minimum atomic E-state index is -2.92. The molecule has 0 spiro atoms. The molecule has 0 aliphatic carbocycles. The van der Waals surface area contributed by atoms with Crippen molar-refractivity contribution in [1.82, 2.24) is 0 Å². The molecule has 15 heteroatoms. The summed E-state index contributed by atoms with van der Waals surface area (Å²) in [6, 6.07) is 0. The Morgan fingerprint density at radius 2 is 0.333 bits per heavy atom. The van der Waals surface area contributed by atoms with Crippen LogP contribution in [0.25, 0.3) is 0 Å². The maximum atomic E-state index is 8.42. The molecule has 0 aromatic heterocycles. The topological polar surface area (TPSA) is 208 Å². The number of hydrogen-bond donors (Lipinski definition) is 0. The van der Waals surface area contributed by atoms with E-state index in [-0.39, 0.29) is 52.1 Å². The summed E-state index contributed by atoms with van der Waals surface area (Å²) in [7, 11) is -8.75. The fraction of sp³-hybridized carbons (Fsp3) is 0. The zero-order valence-electron chi connectivity index (χ0n) is 7.14. The van der Waals surface area contributed by atoms with E-state index in [1.54, 1.807) is 0 Å². The smallest absolute Gasteiger partial charge is 0.907 e. The van der Waals surface area contributed by atoms with Crippen LogP contribution in [0.3, 0.4) is 0 Å². The quantitative estimate of drug-likeness (QED) is 0.376. The van der Waals surface area contributed by atoms with Crippen LogP contribution in [0.5, 0.6) is 0 Å². The van der Waals surface area contributed by atoms with Gasteiger partial charge in [-0.2, -0.15) is 0 Å². The minimum absolute atomic E-state index is 0. The van der Waals surface area contributed by atoms with Gasteiger partial charge in [-0.05, 0) is 0 Å². The molecule has 9 nitrogen and oxygen atoms in total. The standard InChI is InChI=1S/3Al.3BO3/c;;;3*2-1(3)4/q3*+3;3*-3. The fourth-order valence-corrected chi connectivity index (χ4v) is 0. The average Bonchev–Trinajstić information content (AvgIpc) is 1.54. The first kappa shape index (κ1) is 36.0. The van der Waals surface area contributed by atoms with Crippen molar-refractivity contribution in [1.29, 1.82) is 0 Å². The van der Waals surface area contributed by atoms with E-state index in [9.17, 15) is 0 Å². The van der Waals surface area contributed by atoms with Crippen LogP contribution < -0.4 is 45.2 Å². The zero-order valence-corrected chi connectivity index (χ0v) is 10.6. The van der Waals surface area contributed by atoms with Crippen LogP contribution in [0.15, 0.2) is 0 Å². The molecule has 0 amide bonds. The monoisotopic (exact) mass is 258 g/mol. The van der Waals surface area contributed by atoms with E-state index in [1.165, 1.54) is 0 Å². The van der Waals surface area contributed by atoms with Gasteiger partial charge in [0.1, 0.15) is 0 Å². The van der Waals surface area contributed by atoms with E-state index in [0.717, 1.165) is 0 Å². The van der Waals surface area contributed by atoms with Crippen molar-refractivity contribution in [3.63, 3.8) is 0 Å². The third kappa shape index (κ3) is 1360. The van der Waals surface area contributed by atoms with E-state index in [4.69, 9.17) is 45.2 Å². The van der Waals surface area contributed by atoms with Gasteiger partial charge in [0.25, 0.3) is 0 Å². The summed E-state index contributed by atoms with van der Waals surface area (Å²) < 4.78 is 0. The predicted molar refractivity (Wildman–Crippen MR) is 34.5 cm³/mol. The Morgan fingerprint density at radius 3 is 0.333 bits per heavy atom. The second-order valence-corrected chi connectivity index (χ2v) is 0.866. The van der Waals surface area contributed by atoms with Gasteiger partial charge in [-0.25, -0.2) is 0 Å². The van der Waals surface area contributed by atoms with E-state index in [2.05, 4.69) is 0 Å². The molecule has 0 saturated heterocycles. The van der Waals surface area contributed by atoms with Crippen LogP contribution in [0.2, 0.25) is 0 Å². The molecule has 0 rings (SSSR count). The maximum Gasteiger partial charge on any atom is 3.00 e. The SMILES string of the molecule is [Al+3].[Al+3].[Al+3].[O-]B([O-])[O-].[O-]B([O-])[O-].[O-]B([O-])[O-]. The molecule has 0 aromatic carbocycles. The molecule has 0 heterocycles. The summed E-state index contributed by atoms with van der Waals surface area (Å²) in [6.45, 7) is 0. The summed E-state index contributed by atoms with van der Waals surface area (Å²) in [6.07, 6.45) is 0. The van der Waals surface area contributed by atoms with Gasteiger partial charge in [0.15, 0.2) is 0 Å². The van der Waals surface area contributed by atoms with Crippen molar-refractivity contribution in [2.45, 2.75) is 0 Å². The van der Waals surface area contributed by atoms with E-state index in [0.29, 0.717) is 0 Å². The Balaban J connectivity index is -0.0000000184. The first-order valence-corrected chi connectivity index (χ1v) is 2.12. The van der Waals surface area contributed by atoms with Gasteiger partial charge in [-0.15, -0.1) is 0 Å². The molecule has 0 atom stereocenters. The van der Waals surface area contributed by atoms with Crippen molar-refractivity contribution >= 4 is 74.0 Å². The first-order chi connectivity index (χ1) is 5.20. The molecule has 15 heavy (non-hydrogen) atoms. The molecule has 0 aromatic rings. The second kappa shape index (κ2) is 29.5. The third-order valence-corrected chi connectivity index (χ3v) is 0. The molecule has 72 valence electrons. The Bertz CT molecular complexity index is 49.1. The summed E-state index contributed by atoms with van der Waals surface area (Å²) in [5.74, 6) is 0. The van der Waals surface area contributed by atoms with Gasteiger partial charge < -0.3 is 45.2 Å². The predicted octanol–water partition coefficient (Wildman–Crippen LogP) is -13.0. The second-order valence-electron chi connectivity index (χ2n) is 0.866. The first-order valence-electron chi connectivity index (χ1n) is 2.12. The van der Waals surface area contributed by atoms with Crippen molar-refractivity contribution in [3.05, 3.63) is 0 Å². The van der Waals surface area contributed by atoms with Crippen LogP contribution in [-0.4, -0.2) is 74.0 Å². The van der Waals surface area contributed by atoms with Gasteiger partial charge >= 0.3 is 52.1 Å². The van der Waals surface area contributed by atoms with Crippen LogP contribution in [0.4, 0.5) is 0 Å². The average molecular weight is 257 g/mol. The largest absolute Gasteiger partial charge is 3.00 e. The molecular weight excluding hydrogens is 257 g/mol. The Kier molecular flexibility index (Phi) is 70.8. The third-order valence-electron chi connectivity index (χ3n) is 0. The zero-order chi connectivity index (χ0) is 10.7. The molecule has 0 fully saturated rings.